The molecule has 0 aliphatic heterocycles. The summed E-state index contributed by atoms with van der Waals surface area (Å²) in [5, 5.41) is 14.8. The van der Waals surface area contributed by atoms with E-state index in [0.717, 1.165) is 17.0 Å². The standard InChI is InChI=1S/C21H16N4O3/c26-25(27)17-8-11-20-19(12-17)21(23-14-22-20)24-16-6-9-18(10-7-16)28-13-15-4-2-1-3-5-15/h1-12,14H,13H2,(H,22,23,24). The van der Waals surface area contributed by atoms with Crippen LogP contribution in [0.4, 0.5) is 17.2 Å². The van der Waals surface area contributed by atoms with Crippen LogP contribution in [0.15, 0.2) is 79.1 Å². The summed E-state index contributed by atoms with van der Waals surface area (Å²) in [7, 11) is 0. The van der Waals surface area contributed by atoms with Gasteiger partial charge in [0.2, 0.25) is 0 Å². The lowest BCUT2D eigenvalue weighted by Crippen LogP contribution is -1.98. The molecular weight excluding hydrogens is 356 g/mol. The van der Waals surface area contributed by atoms with E-state index in [9.17, 15) is 10.1 Å². The second-order valence-corrected chi connectivity index (χ2v) is 6.10. The van der Waals surface area contributed by atoms with Gasteiger partial charge >= 0.3 is 0 Å². The van der Waals surface area contributed by atoms with E-state index in [2.05, 4.69) is 15.3 Å². The first-order chi connectivity index (χ1) is 13.7. The SMILES string of the molecule is O=[N+]([O-])c1ccc2ncnc(Nc3ccc(OCc4ccccc4)cc3)c2c1. The molecule has 0 spiro atoms. The minimum Gasteiger partial charge on any atom is -0.489 e. The number of anilines is 2. The summed E-state index contributed by atoms with van der Waals surface area (Å²) in [6.07, 6.45) is 1.42. The number of rotatable bonds is 6. The number of hydrogen-bond acceptors (Lipinski definition) is 6. The van der Waals surface area contributed by atoms with E-state index < -0.39 is 4.92 Å². The van der Waals surface area contributed by atoms with Crippen molar-refractivity contribution in [3.05, 3.63) is 94.8 Å². The van der Waals surface area contributed by atoms with Gasteiger partial charge in [0.15, 0.2) is 0 Å². The highest BCUT2D eigenvalue weighted by Gasteiger charge is 2.11. The van der Waals surface area contributed by atoms with Crippen molar-refractivity contribution >= 4 is 28.1 Å². The van der Waals surface area contributed by atoms with E-state index in [1.165, 1.54) is 18.5 Å². The summed E-state index contributed by atoms with van der Waals surface area (Å²) in [6.45, 7) is 0.494. The molecule has 0 unspecified atom stereocenters. The first kappa shape index (κ1) is 17.4. The van der Waals surface area contributed by atoms with Gasteiger partial charge in [-0.15, -0.1) is 0 Å². The third-order valence-corrected chi connectivity index (χ3v) is 4.20. The molecule has 1 aromatic heterocycles. The van der Waals surface area contributed by atoms with Gasteiger partial charge in [-0.3, -0.25) is 10.1 Å². The summed E-state index contributed by atoms with van der Waals surface area (Å²) >= 11 is 0. The van der Waals surface area contributed by atoms with Gasteiger partial charge in [0, 0.05) is 23.2 Å². The average Bonchev–Trinajstić information content (AvgIpc) is 2.74. The predicted molar refractivity (Wildman–Crippen MR) is 107 cm³/mol. The van der Waals surface area contributed by atoms with E-state index in [0.29, 0.717) is 23.3 Å². The molecule has 0 saturated carbocycles. The van der Waals surface area contributed by atoms with Gasteiger partial charge in [-0.25, -0.2) is 9.97 Å². The van der Waals surface area contributed by atoms with Crippen LogP contribution in [0.25, 0.3) is 10.9 Å². The Kier molecular flexibility index (Phi) is 4.79. The Morgan fingerprint density at radius 1 is 0.964 bits per heavy atom. The fourth-order valence-corrected chi connectivity index (χ4v) is 2.77. The molecule has 1 heterocycles. The third kappa shape index (κ3) is 3.88. The van der Waals surface area contributed by atoms with Crippen molar-refractivity contribution in [1.29, 1.82) is 0 Å². The molecule has 1 N–H and O–H groups in total. The fourth-order valence-electron chi connectivity index (χ4n) is 2.77. The second kappa shape index (κ2) is 7.71. The second-order valence-electron chi connectivity index (χ2n) is 6.10. The molecule has 0 atom stereocenters. The summed E-state index contributed by atoms with van der Waals surface area (Å²) < 4.78 is 5.78. The van der Waals surface area contributed by atoms with E-state index in [4.69, 9.17) is 4.74 Å². The molecule has 138 valence electrons. The molecule has 0 aliphatic rings. The molecule has 0 bridgehead atoms. The molecule has 0 aliphatic carbocycles. The Labute approximate surface area is 160 Å². The van der Waals surface area contributed by atoms with Crippen molar-refractivity contribution in [3.63, 3.8) is 0 Å². The minimum absolute atomic E-state index is 0.00462. The Bertz CT molecular complexity index is 1120. The highest BCUT2D eigenvalue weighted by atomic mass is 16.6. The van der Waals surface area contributed by atoms with Crippen LogP contribution in [0.5, 0.6) is 5.75 Å². The highest BCUT2D eigenvalue weighted by Crippen LogP contribution is 2.27. The number of aromatic nitrogens is 2. The summed E-state index contributed by atoms with van der Waals surface area (Å²) in [5.74, 6) is 1.25. The van der Waals surface area contributed by atoms with E-state index in [1.54, 1.807) is 6.07 Å². The van der Waals surface area contributed by atoms with Crippen LogP contribution in [0.1, 0.15) is 5.56 Å². The summed E-state index contributed by atoms with van der Waals surface area (Å²) in [5.41, 5.74) is 2.51. The van der Waals surface area contributed by atoms with Crippen LogP contribution < -0.4 is 10.1 Å². The maximum absolute atomic E-state index is 11.0. The van der Waals surface area contributed by atoms with Crippen molar-refractivity contribution in [2.24, 2.45) is 0 Å². The van der Waals surface area contributed by atoms with E-state index in [-0.39, 0.29) is 5.69 Å². The normalized spacial score (nSPS) is 10.6. The number of hydrogen-bond donors (Lipinski definition) is 1. The molecule has 3 aromatic carbocycles. The Balaban J connectivity index is 1.51. The zero-order chi connectivity index (χ0) is 19.3. The van der Waals surface area contributed by atoms with Gasteiger partial charge < -0.3 is 10.1 Å². The molecule has 0 saturated heterocycles. The Morgan fingerprint density at radius 3 is 2.50 bits per heavy atom. The van der Waals surface area contributed by atoms with Gasteiger partial charge in [-0.2, -0.15) is 0 Å². The highest BCUT2D eigenvalue weighted by molar-refractivity contribution is 5.92. The molecule has 0 amide bonds. The van der Waals surface area contributed by atoms with Crippen molar-refractivity contribution in [2.45, 2.75) is 6.61 Å². The summed E-state index contributed by atoms with van der Waals surface area (Å²) in [6, 6.07) is 21.9. The maximum atomic E-state index is 11.0. The van der Waals surface area contributed by atoms with Crippen LogP contribution >= 0.6 is 0 Å². The predicted octanol–water partition coefficient (Wildman–Crippen LogP) is 4.86. The molecule has 4 rings (SSSR count). The average molecular weight is 372 g/mol. The number of non-ortho nitro benzene ring substituents is 1. The first-order valence-corrected chi connectivity index (χ1v) is 8.62. The molecule has 4 aromatic rings. The van der Waals surface area contributed by atoms with Gasteiger partial charge in [0.1, 0.15) is 24.5 Å². The topological polar surface area (TPSA) is 90.2 Å². The van der Waals surface area contributed by atoms with Crippen LogP contribution in [0.2, 0.25) is 0 Å². The van der Waals surface area contributed by atoms with E-state index >= 15 is 0 Å². The number of nitrogens with zero attached hydrogens (tertiary/aromatic N) is 3. The van der Waals surface area contributed by atoms with Crippen LogP contribution in [0, 0.1) is 10.1 Å². The van der Waals surface area contributed by atoms with E-state index in [1.807, 2.05) is 54.6 Å². The molecule has 0 radical (unpaired) electrons. The zero-order valence-corrected chi connectivity index (χ0v) is 14.8. The number of fused-ring (bicyclic) bond motifs is 1. The molecule has 0 fully saturated rings. The third-order valence-electron chi connectivity index (χ3n) is 4.20. The van der Waals surface area contributed by atoms with Gasteiger partial charge in [-0.05, 0) is 35.9 Å². The van der Waals surface area contributed by atoms with Gasteiger partial charge in [-0.1, -0.05) is 30.3 Å². The largest absolute Gasteiger partial charge is 0.489 e. The van der Waals surface area contributed by atoms with Gasteiger partial charge in [0.25, 0.3) is 5.69 Å². The number of nitro groups is 1. The Hall–Kier alpha value is -4.00. The molecular formula is C21H16N4O3. The quantitative estimate of drug-likeness (QED) is 0.384. The molecule has 7 nitrogen and oxygen atoms in total. The molecule has 28 heavy (non-hydrogen) atoms. The minimum atomic E-state index is -0.435. The number of benzene rings is 3. The lowest BCUT2D eigenvalue weighted by atomic mass is 10.2. The maximum Gasteiger partial charge on any atom is 0.270 e. The first-order valence-electron chi connectivity index (χ1n) is 8.62. The van der Waals surface area contributed by atoms with Crippen LogP contribution in [-0.4, -0.2) is 14.9 Å². The lowest BCUT2D eigenvalue weighted by molar-refractivity contribution is -0.384. The smallest absolute Gasteiger partial charge is 0.270 e. The van der Waals surface area contributed by atoms with Crippen LogP contribution in [-0.2, 0) is 6.61 Å². The van der Waals surface area contributed by atoms with Crippen molar-refractivity contribution in [1.82, 2.24) is 9.97 Å². The number of ether oxygens (including phenoxy) is 1. The van der Waals surface area contributed by atoms with Crippen LogP contribution in [0.3, 0.4) is 0 Å². The van der Waals surface area contributed by atoms with Crippen molar-refractivity contribution in [3.8, 4) is 5.75 Å². The number of nitrogens with one attached hydrogen (secondary N) is 1. The fraction of sp³-hybridized carbons (Fsp3) is 0.0476. The lowest BCUT2D eigenvalue weighted by Gasteiger charge is -2.10. The van der Waals surface area contributed by atoms with Crippen molar-refractivity contribution < 1.29 is 9.66 Å². The molecule has 7 heteroatoms. The van der Waals surface area contributed by atoms with Gasteiger partial charge in [0.05, 0.1) is 10.4 Å². The van der Waals surface area contributed by atoms with Crippen molar-refractivity contribution in [2.75, 3.05) is 5.32 Å². The number of nitro benzene ring substituents is 1. The Morgan fingerprint density at radius 2 is 1.75 bits per heavy atom. The monoisotopic (exact) mass is 372 g/mol. The zero-order valence-electron chi connectivity index (χ0n) is 14.8. The summed E-state index contributed by atoms with van der Waals surface area (Å²) in [4.78, 5) is 19.0.